The van der Waals surface area contributed by atoms with Crippen molar-refractivity contribution in [2.24, 2.45) is 28.6 Å². The van der Waals surface area contributed by atoms with Gasteiger partial charge in [0, 0.05) is 6.42 Å². The molecule has 0 heterocycles. The fourth-order valence-corrected chi connectivity index (χ4v) is 6.82. The predicted molar refractivity (Wildman–Crippen MR) is 87.3 cm³/mol. The van der Waals surface area contributed by atoms with Crippen molar-refractivity contribution in [2.45, 2.75) is 77.7 Å². The number of hydrogen-bond donors (Lipinski definition) is 0. The van der Waals surface area contributed by atoms with Crippen molar-refractivity contribution >= 4 is 6.47 Å². The molecule has 4 aliphatic carbocycles. The van der Waals surface area contributed by atoms with Gasteiger partial charge in [-0.25, -0.2) is 0 Å². The van der Waals surface area contributed by atoms with Crippen LogP contribution in [0.25, 0.3) is 0 Å². The highest BCUT2D eigenvalue weighted by Crippen LogP contribution is 2.64. The van der Waals surface area contributed by atoms with Crippen LogP contribution in [0, 0.1) is 28.6 Å². The lowest BCUT2D eigenvalue weighted by Crippen LogP contribution is -2.49. The smallest absolute Gasteiger partial charge is 0.293 e. The van der Waals surface area contributed by atoms with E-state index < -0.39 is 0 Å². The van der Waals surface area contributed by atoms with Gasteiger partial charge in [0.2, 0.25) is 0 Å². The van der Waals surface area contributed by atoms with E-state index in [0.29, 0.717) is 17.3 Å². The fourth-order valence-electron chi connectivity index (χ4n) is 6.82. The molecule has 122 valence electrons. The summed E-state index contributed by atoms with van der Waals surface area (Å²) in [6.45, 7) is 5.73. The Kier molecular flexibility index (Phi) is 3.43. The lowest BCUT2D eigenvalue weighted by Gasteiger charge is -2.57. The van der Waals surface area contributed by atoms with Crippen LogP contribution >= 0.6 is 0 Å². The van der Waals surface area contributed by atoms with Crippen LogP contribution in [0.15, 0.2) is 11.6 Å². The molecular formula is C20H30O2. The van der Waals surface area contributed by atoms with Crippen LogP contribution in [0.4, 0.5) is 0 Å². The van der Waals surface area contributed by atoms with Gasteiger partial charge in [-0.2, -0.15) is 0 Å². The molecule has 0 spiro atoms. The van der Waals surface area contributed by atoms with E-state index >= 15 is 0 Å². The molecule has 0 bridgehead atoms. The molecule has 0 aromatic heterocycles. The molecule has 0 aromatic carbocycles. The molecule has 3 fully saturated rings. The number of allylic oxidation sites excluding steroid dienone is 1. The summed E-state index contributed by atoms with van der Waals surface area (Å²) in [5, 5.41) is 0. The third-order valence-electron chi connectivity index (χ3n) is 8.09. The molecule has 0 aromatic rings. The SMILES string of the molecule is C[C@@]12CCC[C@H]1[C@@H]1CC=C3C[C@H](OC=O)CC[C@]3(C)[C@H]1CC2. The highest BCUT2D eigenvalue weighted by atomic mass is 16.5. The summed E-state index contributed by atoms with van der Waals surface area (Å²) < 4.78 is 5.28. The van der Waals surface area contributed by atoms with Crippen LogP contribution in [-0.4, -0.2) is 12.6 Å². The highest BCUT2D eigenvalue weighted by molar-refractivity contribution is 5.38. The molecule has 4 aliphatic rings. The second-order valence-corrected chi connectivity index (χ2v) is 8.94. The van der Waals surface area contributed by atoms with Crippen LogP contribution < -0.4 is 0 Å². The molecule has 3 saturated carbocycles. The van der Waals surface area contributed by atoms with Gasteiger partial charge in [0.15, 0.2) is 0 Å². The minimum atomic E-state index is 0.133. The molecule has 0 radical (unpaired) electrons. The lowest BCUT2D eigenvalue weighted by atomic mass is 9.48. The molecule has 6 atom stereocenters. The normalized spacial score (nSPS) is 50.4. The van der Waals surface area contributed by atoms with Gasteiger partial charge >= 0.3 is 0 Å². The Labute approximate surface area is 134 Å². The van der Waals surface area contributed by atoms with Crippen molar-refractivity contribution in [1.82, 2.24) is 0 Å². The molecule has 0 unspecified atom stereocenters. The van der Waals surface area contributed by atoms with Gasteiger partial charge in [0.25, 0.3) is 6.47 Å². The second-order valence-electron chi connectivity index (χ2n) is 8.94. The topological polar surface area (TPSA) is 26.3 Å². The molecule has 4 rings (SSSR count). The first kappa shape index (κ1) is 14.8. The van der Waals surface area contributed by atoms with Gasteiger partial charge in [-0.05, 0) is 73.5 Å². The van der Waals surface area contributed by atoms with Crippen LogP contribution in [0.2, 0.25) is 0 Å². The molecule has 22 heavy (non-hydrogen) atoms. The monoisotopic (exact) mass is 302 g/mol. The van der Waals surface area contributed by atoms with E-state index in [1.807, 2.05) is 0 Å². The first-order valence-electron chi connectivity index (χ1n) is 9.35. The molecule has 2 nitrogen and oxygen atoms in total. The maximum Gasteiger partial charge on any atom is 0.293 e. The fraction of sp³-hybridized carbons (Fsp3) is 0.850. The minimum absolute atomic E-state index is 0.133. The second kappa shape index (κ2) is 5.11. The van der Waals surface area contributed by atoms with Crippen molar-refractivity contribution in [1.29, 1.82) is 0 Å². The molecule has 2 heteroatoms. The van der Waals surface area contributed by atoms with Gasteiger partial charge in [0.1, 0.15) is 6.10 Å². The quantitative estimate of drug-likeness (QED) is 0.537. The van der Waals surface area contributed by atoms with Crippen molar-refractivity contribution in [3.8, 4) is 0 Å². The van der Waals surface area contributed by atoms with Crippen LogP contribution in [0.5, 0.6) is 0 Å². The maximum atomic E-state index is 10.7. The van der Waals surface area contributed by atoms with Gasteiger partial charge < -0.3 is 4.74 Å². The number of hydrogen-bond acceptors (Lipinski definition) is 2. The molecule has 0 amide bonds. The van der Waals surface area contributed by atoms with E-state index in [4.69, 9.17) is 4.74 Å². The molecular weight excluding hydrogens is 272 g/mol. The molecule has 0 aliphatic heterocycles. The number of rotatable bonds is 2. The Hall–Kier alpha value is -0.790. The third kappa shape index (κ3) is 2.02. The van der Waals surface area contributed by atoms with Crippen LogP contribution in [0.3, 0.4) is 0 Å². The Morgan fingerprint density at radius 3 is 2.82 bits per heavy atom. The zero-order chi connectivity index (χ0) is 15.4. The Morgan fingerprint density at radius 2 is 2.00 bits per heavy atom. The first-order valence-corrected chi connectivity index (χ1v) is 9.35. The van der Waals surface area contributed by atoms with Crippen molar-refractivity contribution < 1.29 is 9.53 Å². The van der Waals surface area contributed by atoms with Crippen molar-refractivity contribution in [3.05, 3.63) is 11.6 Å². The van der Waals surface area contributed by atoms with Gasteiger partial charge in [-0.15, -0.1) is 0 Å². The van der Waals surface area contributed by atoms with E-state index in [1.165, 1.54) is 44.9 Å². The average Bonchev–Trinajstić information content (AvgIpc) is 2.89. The van der Waals surface area contributed by atoms with E-state index in [1.54, 1.807) is 5.57 Å². The summed E-state index contributed by atoms with van der Waals surface area (Å²) in [7, 11) is 0. The summed E-state index contributed by atoms with van der Waals surface area (Å²) in [5.41, 5.74) is 2.63. The number of ether oxygens (including phenoxy) is 1. The number of carbonyl (C=O) groups excluding carboxylic acids is 1. The van der Waals surface area contributed by atoms with Gasteiger partial charge in [-0.3, -0.25) is 4.79 Å². The highest BCUT2D eigenvalue weighted by Gasteiger charge is 2.55. The summed E-state index contributed by atoms with van der Waals surface area (Å²) in [5.74, 6) is 2.75. The predicted octanol–water partition coefficient (Wildman–Crippen LogP) is 4.88. The first-order chi connectivity index (χ1) is 10.6. The zero-order valence-electron chi connectivity index (χ0n) is 14.1. The lowest BCUT2D eigenvalue weighted by molar-refractivity contribution is -0.135. The van der Waals surface area contributed by atoms with Crippen molar-refractivity contribution in [3.63, 3.8) is 0 Å². The largest absolute Gasteiger partial charge is 0.464 e. The molecule has 0 saturated heterocycles. The minimum Gasteiger partial charge on any atom is -0.464 e. The number of carbonyl (C=O) groups is 1. The Bertz CT molecular complexity index is 496. The maximum absolute atomic E-state index is 10.7. The molecule has 0 N–H and O–H groups in total. The summed E-state index contributed by atoms with van der Waals surface area (Å²) in [4.78, 5) is 10.7. The summed E-state index contributed by atoms with van der Waals surface area (Å²) in [6.07, 6.45) is 14.5. The van der Waals surface area contributed by atoms with Crippen LogP contribution in [0.1, 0.15) is 71.6 Å². The number of fused-ring (bicyclic) bond motifs is 5. The Morgan fingerprint density at radius 1 is 1.14 bits per heavy atom. The third-order valence-corrected chi connectivity index (χ3v) is 8.09. The summed E-state index contributed by atoms with van der Waals surface area (Å²) in [6, 6.07) is 0. The van der Waals surface area contributed by atoms with E-state index in [-0.39, 0.29) is 6.10 Å². The van der Waals surface area contributed by atoms with Gasteiger partial charge in [0.05, 0.1) is 0 Å². The summed E-state index contributed by atoms with van der Waals surface area (Å²) >= 11 is 0. The van der Waals surface area contributed by atoms with Crippen LogP contribution in [-0.2, 0) is 9.53 Å². The van der Waals surface area contributed by atoms with Gasteiger partial charge in [-0.1, -0.05) is 31.9 Å². The van der Waals surface area contributed by atoms with Crippen molar-refractivity contribution in [2.75, 3.05) is 0 Å². The average molecular weight is 302 g/mol. The van der Waals surface area contributed by atoms with E-state index in [2.05, 4.69) is 19.9 Å². The Balaban J connectivity index is 1.61. The van der Waals surface area contributed by atoms with E-state index in [0.717, 1.165) is 30.6 Å². The zero-order valence-corrected chi connectivity index (χ0v) is 14.1. The van der Waals surface area contributed by atoms with E-state index in [9.17, 15) is 4.79 Å². The standard InChI is InChI=1S/C20H30O2/c1-19-9-3-4-17(19)16-6-5-14-12-15(22-13-21)7-11-20(14,2)18(16)8-10-19/h5,13,15-18H,3-4,6-12H2,1-2H3/t15-,16+,17+,18+,19+,20+/m1/s1.